The number of benzene rings is 1. The van der Waals surface area contributed by atoms with Gasteiger partial charge < -0.3 is 30.6 Å². The molecule has 1 aliphatic rings. The normalized spacial score (nSPS) is 14.9. The lowest BCUT2D eigenvalue weighted by molar-refractivity contribution is -0.148. The lowest BCUT2D eigenvalue weighted by atomic mass is 10.2. The number of carbonyl (C=O) groups is 2. The third-order valence-corrected chi connectivity index (χ3v) is 5.16. The maximum Gasteiger partial charge on any atom is 0.310 e. The van der Waals surface area contributed by atoms with Crippen LogP contribution in [0.4, 0.5) is 23.0 Å². The lowest BCUT2D eigenvalue weighted by Crippen LogP contribution is -2.19. The number of rotatable bonds is 9. The number of hydrogen-bond acceptors (Lipinski definition) is 9. The van der Waals surface area contributed by atoms with Gasteiger partial charge in [-0.15, -0.1) is 0 Å². The number of hydrogen-bond donors (Lipinski definition) is 3. The molecular formula is C24H25N5O5. The molecule has 3 aromatic rings. The van der Waals surface area contributed by atoms with Crippen molar-refractivity contribution in [1.29, 1.82) is 0 Å². The van der Waals surface area contributed by atoms with Gasteiger partial charge in [0.15, 0.2) is 0 Å². The standard InChI is InChI=1S/C24H25N5O5/c1-32-20-5-3-2-4-18(20)28-19-11-22(27-13-17(19)24(25)31)29-21-7-6-15(12-26-21)10-23(30)34-16-8-9-33-14-16/h2-7,11-13,16H,8-10,14H2,1H3,(H2,25,31)(H2,26,27,28,29)/t16-/m1/s1. The van der Waals surface area contributed by atoms with Crippen molar-refractivity contribution in [2.45, 2.75) is 18.9 Å². The van der Waals surface area contributed by atoms with Gasteiger partial charge in [0.25, 0.3) is 5.91 Å². The second kappa shape index (κ2) is 10.6. The van der Waals surface area contributed by atoms with Gasteiger partial charge in [-0.25, -0.2) is 9.97 Å². The Kier molecular flexibility index (Phi) is 7.19. The molecule has 176 valence electrons. The van der Waals surface area contributed by atoms with Crippen molar-refractivity contribution in [1.82, 2.24) is 9.97 Å². The molecule has 1 amide bonds. The molecule has 1 fully saturated rings. The van der Waals surface area contributed by atoms with Crippen molar-refractivity contribution < 1.29 is 23.8 Å². The predicted molar refractivity (Wildman–Crippen MR) is 126 cm³/mol. The molecule has 0 saturated carbocycles. The molecule has 2 aromatic heterocycles. The van der Waals surface area contributed by atoms with E-state index in [1.165, 1.54) is 6.20 Å². The number of nitrogens with one attached hydrogen (secondary N) is 2. The van der Waals surface area contributed by atoms with Crippen molar-refractivity contribution in [3.63, 3.8) is 0 Å². The lowest BCUT2D eigenvalue weighted by Gasteiger charge is -2.14. The van der Waals surface area contributed by atoms with E-state index in [0.29, 0.717) is 42.0 Å². The largest absolute Gasteiger partial charge is 0.495 e. The van der Waals surface area contributed by atoms with E-state index < -0.39 is 5.91 Å². The molecular weight excluding hydrogens is 438 g/mol. The Morgan fingerprint density at radius 2 is 1.91 bits per heavy atom. The first-order valence-electron chi connectivity index (χ1n) is 10.7. The molecule has 10 nitrogen and oxygen atoms in total. The summed E-state index contributed by atoms with van der Waals surface area (Å²) in [5.74, 6) is 0.649. The van der Waals surface area contributed by atoms with Crippen LogP contribution in [0.5, 0.6) is 5.75 Å². The summed E-state index contributed by atoms with van der Waals surface area (Å²) >= 11 is 0. The topological polar surface area (TPSA) is 138 Å². The molecule has 34 heavy (non-hydrogen) atoms. The van der Waals surface area contributed by atoms with Gasteiger partial charge in [-0.05, 0) is 23.8 Å². The number of methoxy groups -OCH3 is 1. The molecule has 4 N–H and O–H groups in total. The maximum absolute atomic E-state index is 12.1. The average molecular weight is 463 g/mol. The highest BCUT2D eigenvalue weighted by atomic mass is 16.6. The Bertz CT molecular complexity index is 1160. The van der Waals surface area contributed by atoms with Gasteiger partial charge in [0.2, 0.25) is 0 Å². The quantitative estimate of drug-likeness (QED) is 0.409. The zero-order valence-corrected chi connectivity index (χ0v) is 18.6. The molecule has 1 aromatic carbocycles. The van der Waals surface area contributed by atoms with E-state index in [0.717, 1.165) is 12.0 Å². The minimum atomic E-state index is -0.616. The van der Waals surface area contributed by atoms with Gasteiger partial charge >= 0.3 is 5.97 Å². The summed E-state index contributed by atoms with van der Waals surface area (Å²) in [5.41, 5.74) is 7.61. The van der Waals surface area contributed by atoms with Crippen LogP contribution >= 0.6 is 0 Å². The van der Waals surface area contributed by atoms with Crippen LogP contribution in [-0.4, -0.2) is 48.3 Å². The van der Waals surface area contributed by atoms with Crippen LogP contribution in [0.1, 0.15) is 22.3 Å². The Balaban J connectivity index is 1.45. The van der Waals surface area contributed by atoms with Gasteiger partial charge in [-0.3, -0.25) is 9.59 Å². The van der Waals surface area contributed by atoms with Gasteiger partial charge in [-0.1, -0.05) is 18.2 Å². The molecule has 0 aliphatic carbocycles. The van der Waals surface area contributed by atoms with Crippen LogP contribution < -0.4 is 21.1 Å². The number of ether oxygens (including phenoxy) is 3. The van der Waals surface area contributed by atoms with E-state index in [1.807, 2.05) is 18.2 Å². The molecule has 1 atom stereocenters. The smallest absolute Gasteiger partial charge is 0.310 e. The first-order chi connectivity index (χ1) is 16.5. The van der Waals surface area contributed by atoms with Gasteiger partial charge in [0.05, 0.1) is 43.7 Å². The molecule has 10 heteroatoms. The number of para-hydroxylation sites is 2. The number of pyridine rings is 2. The Hall–Kier alpha value is -4.18. The second-order valence-electron chi connectivity index (χ2n) is 7.63. The van der Waals surface area contributed by atoms with Crippen LogP contribution in [0, 0.1) is 0 Å². The van der Waals surface area contributed by atoms with E-state index >= 15 is 0 Å². The predicted octanol–water partition coefficient (Wildman–Crippen LogP) is 2.95. The zero-order chi connectivity index (χ0) is 23.9. The number of anilines is 4. The van der Waals surface area contributed by atoms with Gasteiger partial charge in [0, 0.05) is 24.9 Å². The summed E-state index contributed by atoms with van der Waals surface area (Å²) in [7, 11) is 1.56. The summed E-state index contributed by atoms with van der Waals surface area (Å²) in [6, 6.07) is 12.5. The summed E-state index contributed by atoms with van der Waals surface area (Å²) in [5, 5.41) is 6.26. The van der Waals surface area contributed by atoms with E-state index in [9.17, 15) is 9.59 Å². The Morgan fingerprint density at radius 1 is 1.09 bits per heavy atom. The van der Waals surface area contributed by atoms with E-state index in [2.05, 4.69) is 20.6 Å². The summed E-state index contributed by atoms with van der Waals surface area (Å²) in [6.07, 6.45) is 3.67. The number of esters is 1. The number of amides is 1. The molecule has 4 rings (SSSR count). The number of nitrogens with two attached hydrogens (primary N) is 1. The van der Waals surface area contributed by atoms with E-state index in [-0.39, 0.29) is 24.1 Å². The van der Waals surface area contributed by atoms with E-state index in [4.69, 9.17) is 19.9 Å². The molecule has 0 spiro atoms. The highest BCUT2D eigenvalue weighted by Gasteiger charge is 2.20. The average Bonchev–Trinajstić information content (AvgIpc) is 3.33. The van der Waals surface area contributed by atoms with E-state index in [1.54, 1.807) is 37.6 Å². The van der Waals surface area contributed by atoms with Gasteiger partial charge in [-0.2, -0.15) is 0 Å². The number of primary amides is 1. The van der Waals surface area contributed by atoms with Crippen molar-refractivity contribution in [2.24, 2.45) is 5.73 Å². The highest BCUT2D eigenvalue weighted by Crippen LogP contribution is 2.30. The third kappa shape index (κ3) is 5.78. The molecule has 1 saturated heterocycles. The van der Waals surface area contributed by atoms with Crippen LogP contribution in [0.15, 0.2) is 54.9 Å². The SMILES string of the molecule is COc1ccccc1Nc1cc(Nc2ccc(CC(=O)O[C@@H]3CCOC3)cn2)ncc1C(N)=O. The van der Waals surface area contributed by atoms with Crippen LogP contribution in [0.3, 0.4) is 0 Å². The Labute approximate surface area is 196 Å². The fraction of sp³-hybridized carbons (Fsp3) is 0.250. The fourth-order valence-electron chi connectivity index (χ4n) is 3.45. The minimum Gasteiger partial charge on any atom is -0.495 e. The van der Waals surface area contributed by atoms with Crippen molar-refractivity contribution in [2.75, 3.05) is 31.0 Å². The van der Waals surface area contributed by atoms with Crippen LogP contribution in [0.2, 0.25) is 0 Å². The summed E-state index contributed by atoms with van der Waals surface area (Å²) in [4.78, 5) is 32.6. The maximum atomic E-state index is 12.1. The number of aromatic nitrogens is 2. The fourth-order valence-corrected chi connectivity index (χ4v) is 3.45. The monoisotopic (exact) mass is 463 g/mol. The molecule has 3 heterocycles. The first kappa shape index (κ1) is 23.0. The second-order valence-corrected chi connectivity index (χ2v) is 7.63. The summed E-state index contributed by atoms with van der Waals surface area (Å²) < 4.78 is 16.0. The van der Waals surface area contributed by atoms with Crippen LogP contribution in [-0.2, 0) is 20.7 Å². The molecule has 0 bridgehead atoms. The highest BCUT2D eigenvalue weighted by molar-refractivity contribution is 5.99. The molecule has 1 aliphatic heterocycles. The van der Waals surface area contributed by atoms with Gasteiger partial charge in [0.1, 0.15) is 23.5 Å². The third-order valence-electron chi connectivity index (χ3n) is 5.16. The van der Waals surface area contributed by atoms with Crippen molar-refractivity contribution >= 4 is 34.9 Å². The zero-order valence-electron chi connectivity index (χ0n) is 18.6. The van der Waals surface area contributed by atoms with Crippen molar-refractivity contribution in [3.8, 4) is 5.75 Å². The number of carbonyl (C=O) groups excluding carboxylic acids is 2. The van der Waals surface area contributed by atoms with Crippen LogP contribution in [0.25, 0.3) is 0 Å². The Morgan fingerprint density at radius 3 is 2.62 bits per heavy atom. The molecule has 0 unspecified atom stereocenters. The number of nitrogens with zero attached hydrogens (tertiary/aromatic N) is 2. The van der Waals surface area contributed by atoms with Crippen molar-refractivity contribution in [3.05, 3.63) is 66.0 Å². The summed E-state index contributed by atoms with van der Waals surface area (Å²) in [6.45, 7) is 1.06. The first-order valence-corrected chi connectivity index (χ1v) is 10.7. The molecule has 0 radical (unpaired) electrons. The minimum absolute atomic E-state index is 0.127.